The summed E-state index contributed by atoms with van der Waals surface area (Å²) in [5, 5.41) is 21.1. The number of carbonyl (C=O) groups excluding carboxylic acids is 1. The average molecular weight is 388 g/mol. The van der Waals surface area contributed by atoms with Gasteiger partial charge in [0.2, 0.25) is 5.91 Å². The van der Waals surface area contributed by atoms with Gasteiger partial charge in [-0.05, 0) is 42.2 Å². The largest absolute Gasteiger partial charge is 0.478 e. The Hall–Kier alpha value is -3.29. The second-order valence-electron chi connectivity index (χ2n) is 6.23. The zero-order valence-electron chi connectivity index (χ0n) is 15.6. The Morgan fingerprint density at radius 1 is 1.14 bits per heavy atom. The molecule has 0 spiro atoms. The highest BCUT2D eigenvalue weighted by Gasteiger charge is 2.30. The molecular weight excluding hydrogens is 367 g/mol. The standard InChI is InChI=1S/C20H21FN2O5/c1-3-5-18(24)22(12-13-6-8-14(21)9-7-13)19-15(4-2)16(20(25)26)10-11-17(19)23(27)28/h6-11H,3-5,12H2,1-2H3,(H,25,26). The highest BCUT2D eigenvalue weighted by atomic mass is 19.1. The monoisotopic (exact) mass is 388 g/mol. The number of carboxylic acids is 1. The molecule has 148 valence electrons. The van der Waals surface area contributed by atoms with Crippen LogP contribution in [0.1, 0.15) is 48.2 Å². The number of carbonyl (C=O) groups is 2. The van der Waals surface area contributed by atoms with E-state index in [4.69, 9.17) is 0 Å². The van der Waals surface area contributed by atoms with Crippen LogP contribution in [0.15, 0.2) is 36.4 Å². The van der Waals surface area contributed by atoms with Crippen molar-refractivity contribution in [2.45, 2.75) is 39.7 Å². The van der Waals surface area contributed by atoms with Crippen LogP contribution in [-0.2, 0) is 17.8 Å². The van der Waals surface area contributed by atoms with E-state index in [-0.39, 0.29) is 47.8 Å². The number of nitro groups is 1. The quantitative estimate of drug-likeness (QED) is 0.536. The topological polar surface area (TPSA) is 101 Å². The molecule has 0 heterocycles. The summed E-state index contributed by atoms with van der Waals surface area (Å²) in [4.78, 5) is 36.7. The third-order valence-electron chi connectivity index (χ3n) is 4.33. The van der Waals surface area contributed by atoms with E-state index in [1.165, 1.54) is 35.2 Å². The first-order chi connectivity index (χ1) is 13.3. The molecule has 0 radical (unpaired) electrons. The van der Waals surface area contributed by atoms with Crippen molar-refractivity contribution in [2.75, 3.05) is 4.90 Å². The predicted octanol–water partition coefficient (Wildman–Crippen LogP) is 4.33. The van der Waals surface area contributed by atoms with Crippen LogP contribution in [0.25, 0.3) is 0 Å². The second kappa shape index (κ2) is 9.07. The molecule has 1 amide bonds. The van der Waals surface area contributed by atoms with Gasteiger partial charge in [0, 0.05) is 12.5 Å². The third kappa shape index (κ3) is 4.51. The Labute approximate surface area is 161 Å². The van der Waals surface area contributed by atoms with Crippen molar-refractivity contribution in [1.82, 2.24) is 0 Å². The highest BCUT2D eigenvalue weighted by Crippen LogP contribution is 2.36. The number of halogens is 1. The summed E-state index contributed by atoms with van der Waals surface area (Å²) in [6.45, 7) is 3.45. The van der Waals surface area contributed by atoms with Crippen LogP contribution in [0, 0.1) is 15.9 Å². The first-order valence-electron chi connectivity index (χ1n) is 8.88. The van der Waals surface area contributed by atoms with E-state index in [2.05, 4.69) is 0 Å². The van der Waals surface area contributed by atoms with E-state index in [0.717, 1.165) is 6.07 Å². The first-order valence-corrected chi connectivity index (χ1v) is 8.88. The molecule has 0 aliphatic rings. The van der Waals surface area contributed by atoms with Crippen LogP contribution in [0.5, 0.6) is 0 Å². The molecule has 1 N–H and O–H groups in total. The number of rotatable bonds is 8. The van der Waals surface area contributed by atoms with E-state index in [1.807, 2.05) is 0 Å². The number of nitrogens with zero attached hydrogens (tertiary/aromatic N) is 2. The summed E-state index contributed by atoms with van der Waals surface area (Å²) >= 11 is 0. The van der Waals surface area contributed by atoms with Crippen LogP contribution in [0.2, 0.25) is 0 Å². The normalized spacial score (nSPS) is 10.5. The van der Waals surface area contributed by atoms with Crippen LogP contribution in [-0.4, -0.2) is 21.9 Å². The molecule has 0 fully saturated rings. The van der Waals surface area contributed by atoms with Gasteiger partial charge in [-0.15, -0.1) is 0 Å². The summed E-state index contributed by atoms with van der Waals surface area (Å²) < 4.78 is 13.2. The van der Waals surface area contributed by atoms with Crippen LogP contribution >= 0.6 is 0 Å². The van der Waals surface area contributed by atoms with Crippen LogP contribution in [0.4, 0.5) is 15.8 Å². The highest BCUT2D eigenvalue weighted by molar-refractivity contribution is 6.00. The summed E-state index contributed by atoms with van der Waals surface area (Å²) in [5.74, 6) is -2.03. The lowest BCUT2D eigenvalue weighted by Crippen LogP contribution is -2.32. The van der Waals surface area contributed by atoms with Gasteiger partial charge in [0.15, 0.2) is 0 Å². The van der Waals surface area contributed by atoms with E-state index in [9.17, 15) is 29.2 Å². The van der Waals surface area contributed by atoms with Crippen molar-refractivity contribution in [1.29, 1.82) is 0 Å². The average Bonchev–Trinajstić information content (AvgIpc) is 2.66. The second-order valence-corrected chi connectivity index (χ2v) is 6.23. The number of amides is 1. The molecule has 7 nitrogen and oxygen atoms in total. The maximum Gasteiger partial charge on any atom is 0.336 e. The summed E-state index contributed by atoms with van der Waals surface area (Å²) in [6.07, 6.45) is 0.851. The lowest BCUT2D eigenvalue weighted by atomic mass is 9.99. The zero-order chi connectivity index (χ0) is 20.8. The van der Waals surface area contributed by atoms with Gasteiger partial charge in [-0.2, -0.15) is 0 Å². The minimum absolute atomic E-state index is 0.0184. The Morgan fingerprint density at radius 2 is 1.79 bits per heavy atom. The van der Waals surface area contributed by atoms with Gasteiger partial charge in [-0.1, -0.05) is 26.0 Å². The van der Waals surface area contributed by atoms with E-state index >= 15 is 0 Å². The number of aromatic carboxylic acids is 1. The lowest BCUT2D eigenvalue weighted by molar-refractivity contribution is -0.384. The summed E-state index contributed by atoms with van der Waals surface area (Å²) in [7, 11) is 0. The Bertz CT molecular complexity index is 896. The molecular formula is C20H21FN2O5. The maximum atomic E-state index is 13.2. The number of carboxylic acid groups (broad SMARTS) is 1. The van der Waals surface area contributed by atoms with Gasteiger partial charge >= 0.3 is 5.97 Å². The molecule has 8 heteroatoms. The SMILES string of the molecule is CCCC(=O)N(Cc1ccc(F)cc1)c1c([N+](=O)[O-])ccc(C(=O)O)c1CC. The Balaban J connectivity index is 2.70. The molecule has 0 bridgehead atoms. The fraction of sp³-hybridized carbons (Fsp3) is 0.300. The molecule has 2 aromatic rings. The minimum atomic E-state index is -1.22. The number of benzene rings is 2. The molecule has 0 atom stereocenters. The smallest absolute Gasteiger partial charge is 0.336 e. The third-order valence-corrected chi connectivity index (χ3v) is 4.33. The molecule has 0 aromatic heterocycles. The number of nitro benzene ring substituents is 1. The fourth-order valence-electron chi connectivity index (χ4n) is 3.04. The van der Waals surface area contributed by atoms with Gasteiger partial charge in [0.05, 0.1) is 17.0 Å². The zero-order valence-corrected chi connectivity index (χ0v) is 15.6. The van der Waals surface area contributed by atoms with E-state index in [1.54, 1.807) is 13.8 Å². The maximum absolute atomic E-state index is 13.2. The molecule has 0 saturated heterocycles. The number of hydrogen-bond donors (Lipinski definition) is 1. The Morgan fingerprint density at radius 3 is 2.29 bits per heavy atom. The first kappa shape index (κ1) is 21.0. The van der Waals surface area contributed by atoms with Crippen LogP contribution in [0.3, 0.4) is 0 Å². The van der Waals surface area contributed by atoms with Gasteiger partial charge < -0.3 is 10.0 Å². The van der Waals surface area contributed by atoms with Crippen molar-refractivity contribution in [3.05, 3.63) is 69.0 Å². The van der Waals surface area contributed by atoms with Crippen molar-refractivity contribution < 1.29 is 24.0 Å². The van der Waals surface area contributed by atoms with Gasteiger partial charge in [-0.3, -0.25) is 14.9 Å². The van der Waals surface area contributed by atoms with Crippen molar-refractivity contribution >= 4 is 23.3 Å². The molecule has 0 unspecified atom stereocenters. The number of anilines is 1. The van der Waals surface area contributed by atoms with Crippen LogP contribution < -0.4 is 4.90 Å². The molecule has 0 aliphatic heterocycles. The fourth-order valence-corrected chi connectivity index (χ4v) is 3.04. The molecule has 0 aliphatic carbocycles. The summed E-state index contributed by atoms with van der Waals surface area (Å²) in [6, 6.07) is 7.74. The lowest BCUT2D eigenvalue weighted by Gasteiger charge is -2.26. The summed E-state index contributed by atoms with van der Waals surface area (Å²) in [5.41, 5.74) is 0.344. The minimum Gasteiger partial charge on any atom is -0.478 e. The van der Waals surface area contributed by atoms with Gasteiger partial charge in [-0.25, -0.2) is 9.18 Å². The van der Waals surface area contributed by atoms with E-state index < -0.39 is 16.7 Å². The molecule has 2 aromatic carbocycles. The number of hydrogen-bond acceptors (Lipinski definition) is 4. The molecule has 28 heavy (non-hydrogen) atoms. The van der Waals surface area contributed by atoms with Crippen molar-refractivity contribution in [3.63, 3.8) is 0 Å². The molecule has 0 saturated carbocycles. The predicted molar refractivity (Wildman–Crippen MR) is 102 cm³/mol. The van der Waals surface area contributed by atoms with Crippen molar-refractivity contribution in [3.8, 4) is 0 Å². The van der Waals surface area contributed by atoms with Gasteiger partial charge in [0.25, 0.3) is 5.69 Å². The van der Waals surface area contributed by atoms with Gasteiger partial charge in [0.1, 0.15) is 11.5 Å². The van der Waals surface area contributed by atoms with E-state index in [0.29, 0.717) is 12.0 Å². The van der Waals surface area contributed by atoms with Crippen molar-refractivity contribution in [2.24, 2.45) is 0 Å². The Kier molecular flexibility index (Phi) is 6.81. The molecule has 2 rings (SSSR count).